The zero-order chi connectivity index (χ0) is 22.0. The van der Waals surface area contributed by atoms with Gasteiger partial charge in [-0.3, -0.25) is 19.3 Å². The molecular formula is C22H25ClN4O3S. The Morgan fingerprint density at radius 1 is 1.13 bits per heavy atom. The van der Waals surface area contributed by atoms with Crippen molar-refractivity contribution in [2.75, 3.05) is 38.0 Å². The lowest BCUT2D eigenvalue weighted by Crippen LogP contribution is -2.51. The van der Waals surface area contributed by atoms with Crippen LogP contribution in [0.5, 0.6) is 0 Å². The average molecular weight is 461 g/mol. The van der Waals surface area contributed by atoms with Crippen LogP contribution in [0.4, 0.5) is 5.00 Å². The number of piperazine rings is 1. The van der Waals surface area contributed by atoms with E-state index in [1.54, 1.807) is 24.3 Å². The lowest BCUT2D eigenvalue weighted by molar-refractivity contribution is -0.122. The molecule has 2 fully saturated rings. The predicted octanol–water partition coefficient (Wildman–Crippen LogP) is 3.00. The lowest BCUT2D eigenvalue weighted by atomic mass is 10.2. The first-order valence-corrected chi connectivity index (χ1v) is 11.6. The third kappa shape index (κ3) is 5.44. The number of nitrogens with one attached hydrogen (secondary N) is 2. The molecular weight excluding hydrogens is 436 g/mol. The van der Waals surface area contributed by atoms with E-state index in [4.69, 9.17) is 11.6 Å². The molecule has 0 bridgehead atoms. The molecule has 7 nitrogen and oxygen atoms in total. The highest BCUT2D eigenvalue weighted by atomic mass is 35.5. The van der Waals surface area contributed by atoms with Crippen LogP contribution in [0, 0.1) is 6.92 Å². The number of amides is 3. The summed E-state index contributed by atoms with van der Waals surface area (Å²) in [6.45, 7) is 4.75. The molecule has 9 heteroatoms. The van der Waals surface area contributed by atoms with Crippen molar-refractivity contribution < 1.29 is 14.4 Å². The minimum atomic E-state index is -0.302. The first-order valence-electron chi connectivity index (χ1n) is 10.4. The second kappa shape index (κ2) is 9.38. The van der Waals surface area contributed by atoms with E-state index in [2.05, 4.69) is 15.5 Å². The summed E-state index contributed by atoms with van der Waals surface area (Å²) in [5.41, 5.74) is 1.22. The van der Waals surface area contributed by atoms with E-state index in [0.29, 0.717) is 59.2 Å². The molecule has 3 amide bonds. The zero-order valence-corrected chi connectivity index (χ0v) is 18.9. The first kappa shape index (κ1) is 21.8. The molecule has 1 aliphatic heterocycles. The number of carbonyl (C=O) groups excluding carboxylic acids is 3. The number of carbonyl (C=O) groups is 3. The molecule has 164 valence electrons. The van der Waals surface area contributed by atoms with Gasteiger partial charge in [0.1, 0.15) is 0 Å². The number of hydrogen-bond acceptors (Lipinski definition) is 5. The smallest absolute Gasteiger partial charge is 0.264 e. The molecule has 0 atom stereocenters. The number of hydrogen-bond donors (Lipinski definition) is 2. The highest BCUT2D eigenvalue weighted by Crippen LogP contribution is 2.29. The predicted molar refractivity (Wildman–Crippen MR) is 122 cm³/mol. The molecule has 1 saturated carbocycles. The number of halogens is 1. The third-order valence-corrected chi connectivity index (χ3v) is 6.91. The van der Waals surface area contributed by atoms with Gasteiger partial charge in [-0.15, -0.1) is 11.3 Å². The minimum absolute atomic E-state index is 0.0391. The quantitative estimate of drug-likeness (QED) is 0.694. The zero-order valence-electron chi connectivity index (χ0n) is 17.3. The van der Waals surface area contributed by atoms with Crippen molar-refractivity contribution in [2.24, 2.45) is 0 Å². The maximum atomic E-state index is 13.0. The van der Waals surface area contributed by atoms with Gasteiger partial charge in [-0.05, 0) is 43.5 Å². The van der Waals surface area contributed by atoms with Crippen molar-refractivity contribution in [2.45, 2.75) is 25.8 Å². The maximum Gasteiger partial charge on any atom is 0.264 e. The van der Waals surface area contributed by atoms with Crippen molar-refractivity contribution in [1.29, 1.82) is 0 Å². The van der Waals surface area contributed by atoms with Gasteiger partial charge < -0.3 is 15.5 Å². The van der Waals surface area contributed by atoms with Gasteiger partial charge in [0.2, 0.25) is 5.91 Å². The fraction of sp³-hybridized carbons (Fsp3) is 0.409. The Morgan fingerprint density at radius 3 is 2.52 bits per heavy atom. The fourth-order valence-electron chi connectivity index (χ4n) is 3.54. The van der Waals surface area contributed by atoms with Gasteiger partial charge in [-0.1, -0.05) is 23.7 Å². The normalized spacial score (nSPS) is 16.8. The van der Waals surface area contributed by atoms with E-state index >= 15 is 0 Å². The topological polar surface area (TPSA) is 81.8 Å². The Bertz CT molecular complexity index is 996. The summed E-state index contributed by atoms with van der Waals surface area (Å²) in [6.07, 6.45) is 2.16. The van der Waals surface area contributed by atoms with Gasteiger partial charge in [-0.2, -0.15) is 0 Å². The number of aryl methyl sites for hydroxylation is 1. The summed E-state index contributed by atoms with van der Waals surface area (Å²) in [6, 6.07) is 9.03. The molecule has 31 heavy (non-hydrogen) atoms. The van der Waals surface area contributed by atoms with Gasteiger partial charge in [0.15, 0.2) is 0 Å². The number of rotatable bonds is 6. The molecule has 0 radical (unpaired) electrons. The summed E-state index contributed by atoms with van der Waals surface area (Å²) in [5.74, 6) is -0.276. The second-order valence-corrected chi connectivity index (χ2v) is 9.43. The highest BCUT2D eigenvalue weighted by Gasteiger charge is 2.28. The minimum Gasteiger partial charge on any atom is -0.352 e. The first-order chi connectivity index (χ1) is 14.9. The molecule has 2 aromatic rings. The summed E-state index contributed by atoms with van der Waals surface area (Å²) >= 11 is 7.37. The summed E-state index contributed by atoms with van der Waals surface area (Å²) in [5, 5.41) is 6.83. The van der Waals surface area contributed by atoms with Crippen molar-refractivity contribution in [3.8, 4) is 0 Å². The van der Waals surface area contributed by atoms with E-state index in [1.165, 1.54) is 11.3 Å². The van der Waals surface area contributed by atoms with Crippen molar-refractivity contribution >= 4 is 45.7 Å². The molecule has 2 heterocycles. The fourth-order valence-corrected chi connectivity index (χ4v) is 4.79. The van der Waals surface area contributed by atoms with Gasteiger partial charge in [0, 0.05) is 32.2 Å². The Balaban J connectivity index is 1.33. The van der Waals surface area contributed by atoms with Crippen LogP contribution in [0.25, 0.3) is 0 Å². The van der Waals surface area contributed by atoms with E-state index < -0.39 is 0 Å². The molecule has 2 N–H and O–H groups in total. The maximum absolute atomic E-state index is 13.0. The van der Waals surface area contributed by atoms with Crippen LogP contribution in [0.15, 0.2) is 30.3 Å². The van der Waals surface area contributed by atoms with Crippen LogP contribution in [0.1, 0.15) is 38.4 Å². The van der Waals surface area contributed by atoms with Crippen LogP contribution in [-0.2, 0) is 4.79 Å². The van der Waals surface area contributed by atoms with Gasteiger partial charge in [0.25, 0.3) is 11.8 Å². The van der Waals surface area contributed by atoms with Gasteiger partial charge in [-0.25, -0.2) is 0 Å². The van der Waals surface area contributed by atoms with Crippen LogP contribution >= 0.6 is 22.9 Å². The number of anilines is 1. The summed E-state index contributed by atoms with van der Waals surface area (Å²) < 4.78 is 0. The van der Waals surface area contributed by atoms with E-state index in [9.17, 15) is 14.4 Å². The molecule has 1 aromatic heterocycles. The van der Waals surface area contributed by atoms with Crippen molar-refractivity contribution in [3.05, 3.63) is 51.4 Å². The second-order valence-electron chi connectivity index (χ2n) is 7.97. The molecule has 4 rings (SSSR count). The Morgan fingerprint density at radius 2 is 1.84 bits per heavy atom. The van der Waals surface area contributed by atoms with Crippen molar-refractivity contribution in [3.63, 3.8) is 0 Å². The average Bonchev–Trinajstić information content (AvgIpc) is 3.48. The molecule has 0 spiro atoms. The third-order valence-electron chi connectivity index (χ3n) is 5.44. The number of thiophene rings is 1. The van der Waals surface area contributed by atoms with E-state index in [-0.39, 0.29) is 17.7 Å². The Kier molecular flexibility index (Phi) is 6.60. The Hall–Kier alpha value is -2.42. The summed E-state index contributed by atoms with van der Waals surface area (Å²) in [4.78, 5) is 42.0. The number of nitrogens with zero attached hydrogens (tertiary/aromatic N) is 2. The molecule has 1 aromatic carbocycles. The highest BCUT2D eigenvalue weighted by molar-refractivity contribution is 7.18. The van der Waals surface area contributed by atoms with Gasteiger partial charge >= 0.3 is 0 Å². The largest absolute Gasteiger partial charge is 0.352 e. The summed E-state index contributed by atoms with van der Waals surface area (Å²) in [7, 11) is 0. The van der Waals surface area contributed by atoms with Gasteiger partial charge in [0.05, 0.1) is 27.0 Å². The molecule has 1 saturated heterocycles. The van der Waals surface area contributed by atoms with Crippen LogP contribution in [0.2, 0.25) is 5.02 Å². The van der Waals surface area contributed by atoms with Crippen LogP contribution in [-0.4, -0.2) is 66.3 Å². The monoisotopic (exact) mass is 460 g/mol. The van der Waals surface area contributed by atoms with Crippen molar-refractivity contribution in [1.82, 2.24) is 15.1 Å². The lowest BCUT2D eigenvalue weighted by Gasteiger charge is -2.34. The molecule has 0 unspecified atom stereocenters. The van der Waals surface area contributed by atoms with Crippen LogP contribution in [0.3, 0.4) is 0 Å². The SMILES string of the molecule is Cc1cc(NC(=O)c2ccccc2Cl)sc1C(=O)N1CCN(CC(=O)NC2CC2)CC1. The van der Waals surface area contributed by atoms with E-state index in [0.717, 1.165) is 18.4 Å². The molecule has 1 aliphatic carbocycles. The number of benzene rings is 1. The standard InChI is InChI=1S/C22H25ClN4O3S/c1-14-12-19(25-21(29)16-4-2-3-5-17(16)23)31-20(14)22(30)27-10-8-26(9-11-27)13-18(28)24-15-6-7-15/h2-5,12,15H,6-11,13H2,1H3,(H,24,28)(H,25,29). The molecule has 2 aliphatic rings. The Labute approximate surface area is 190 Å². The van der Waals surface area contributed by atoms with Crippen LogP contribution < -0.4 is 10.6 Å². The van der Waals surface area contributed by atoms with E-state index in [1.807, 2.05) is 17.9 Å².